The van der Waals surface area contributed by atoms with Crippen LogP contribution in [0.4, 0.5) is 10.5 Å². The van der Waals surface area contributed by atoms with Gasteiger partial charge in [0.05, 0.1) is 37.4 Å². The number of allylic oxidation sites excluding steroid dienone is 1. The van der Waals surface area contributed by atoms with Crippen molar-refractivity contribution in [2.24, 2.45) is 5.92 Å². The largest absolute Gasteiger partial charge is 0.496 e. The van der Waals surface area contributed by atoms with Crippen LogP contribution in [0.25, 0.3) is 0 Å². The Labute approximate surface area is 162 Å². The van der Waals surface area contributed by atoms with Crippen molar-refractivity contribution in [3.63, 3.8) is 0 Å². The third-order valence-corrected chi connectivity index (χ3v) is 4.08. The van der Waals surface area contributed by atoms with E-state index in [2.05, 4.69) is 10.6 Å². The maximum atomic E-state index is 12.7. The molecular formula is C18H23N3O7. The average Bonchev–Trinajstić information content (AvgIpc) is 2.64. The summed E-state index contributed by atoms with van der Waals surface area (Å²) in [5.41, 5.74) is 0.348. The normalized spacial score (nSPS) is 16.4. The molecule has 0 fully saturated rings. The van der Waals surface area contributed by atoms with E-state index < -0.39 is 23.0 Å². The van der Waals surface area contributed by atoms with Crippen LogP contribution in [0.3, 0.4) is 0 Å². The second-order valence-electron chi connectivity index (χ2n) is 6.59. The Balaban J connectivity index is 2.60. The average molecular weight is 393 g/mol. The van der Waals surface area contributed by atoms with Crippen LogP contribution in [0.1, 0.15) is 32.4 Å². The van der Waals surface area contributed by atoms with Gasteiger partial charge in [-0.15, -0.1) is 0 Å². The van der Waals surface area contributed by atoms with Crippen molar-refractivity contribution in [1.29, 1.82) is 0 Å². The molecule has 0 bridgehead atoms. The summed E-state index contributed by atoms with van der Waals surface area (Å²) in [7, 11) is 2.67. The molecule has 2 rings (SSSR count). The van der Waals surface area contributed by atoms with Crippen molar-refractivity contribution in [3.05, 3.63) is 39.1 Å². The fourth-order valence-electron chi connectivity index (χ4n) is 2.79. The standard InChI is InChI=1S/C18H23N3O7/c1-9(2)8-28-17(22)15-10(3)19-18(23)20-16(15)11-6-12(21(24)25)14(27-5)7-13(11)26-4/h6-7,9,16H,8H2,1-5H3,(H2,19,20,23). The molecule has 1 unspecified atom stereocenters. The number of methoxy groups -OCH3 is 2. The highest BCUT2D eigenvalue weighted by Crippen LogP contribution is 2.40. The van der Waals surface area contributed by atoms with Gasteiger partial charge in [-0.3, -0.25) is 10.1 Å². The number of hydrogen-bond acceptors (Lipinski definition) is 7. The maximum absolute atomic E-state index is 12.7. The van der Waals surface area contributed by atoms with Crippen LogP contribution in [0.2, 0.25) is 0 Å². The first-order valence-electron chi connectivity index (χ1n) is 8.55. The number of benzene rings is 1. The lowest BCUT2D eigenvalue weighted by atomic mass is 9.94. The molecule has 10 nitrogen and oxygen atoms in total. The van der Waals surface area contributed by atoms with E-state index in [4.69, 9.17) is 14.2 Å². The van der Waals surface area contributed by atoms with E-state index in [0.717, 1.165) is 0 Å². The lowest BCUT2D eigenvalue weighted by molar-refractivity contribution is -0.385. The predicted octanol–water partition coefficient (Wildman–Crippen LogP) is 2.44. The van der Waals surface area contributed by atoms with Gasteiger partial charge in [0.25, 0.3) is 0 Å². The van der Waals surface area contributed by atoms with E-state index in [1.165, 1.54) is 26.4 Å². The van der Waals surface area contributed by atoms with Crippen molar-refractivity contribution >= 4 is 17.7 Å². The van der Waals surface area contributed by atoms with Gasteiger partial charge in [0.15, 0.2) is 0 Å². The minimum Gasteiger partial charge on any atom is -0.496 e. The van der Waals surface area contributed by atoms with Crippen molar-refractivity contribution in [3.8, 4) is 11.5 Å². The monoisotopic (exact) mass is 393 g/mol. The topological polar surface area (TPSA) is 129 Å². The number of carbonyl (C=O) groups is 2. The Kier molecular flexibility index (Phi) is 6.45. The van der Waals surface area contributed by atoms with E-state index in [-0.39, 0.29) is 40.8 Å². The SMILES string of the molecule is COc1cc(OC)c([N+](=O)[O-])cc1C1NC(=O)NC(C)=C1C(=O)OCC(C)C. The number of rotatable bonds is 7. The molecule has 1 aliphatic rings. The fraction of sp³-hybridized carbons (Fsp3) is 0.444. The quantitative estimate of drug-likeness (QED) is 0.413. The van der Waals surface area contributed by atoms with Crippen molar-refractivity contribution in [1.82, 2.24) is 10.6 Å². The number of hydrogen-bond donors (Lipinski definition) is 2. The number of nitro groups is 1. The summed E-state index contributed by atoms with van der Waals surface area (Å²) in [6.45, 7) is 5.53. The van der Waals surface area contributed by atoms with Gasteiger partial charge in [-0.25, -0.2) is 9.59 Å². The van der Waals surface area contributed by atoms with E-state index >= 15 is 0 Å². The number of nitro benzene ring substituents is 1. The molecule has 1 aromatic rings. The van der Waals surface area contributed by atoms with Crippen LogP contribution in [0.5, 0.6) is 11.5 Å². The highest BCUT2D eigenvalue weighted by molar-refractivity contribution is 5.95. The third kappa shape index (κ3) is 4.33. The minimum absolute atomic E-state index is 0.00417. The molecule has 1 aromatic carbocycles. The van der Waals surface area contributed by atoms with Crippen molar-refractivity contribution in [2.45, 2.75) is 26.8 Å². The summed E-state index contributed by atoms with van der Waals surface area (Å²) < 4.78 is 15.7. The highest BCUT2D eigenvalue weighted by Gasteiger charge is 2.36. The molecule has 2 amide bonds. The van der Waals surface area contributed by atoms with Gasteiger partial charge >= 0.3 is 17.7 Å². The molecule has 10 heteroatoms. The van der Waals surface area contributed by atoms with Gasteiger partial charge in [0, 0.05) is 23.4 Å². The van der Waals surface area contributed by atoms with Crippen LogP contribution in [-0.4, -0.2) is 37.8 Å². The van der Waals surface area contributed by atoms with Crippen LogP contribution >= 0.6 is 0 Å². The molecular weight excluding hydrogens is 370 g/mol. The number of amides is 2. The molecule has 2 N–H and O–H groups in total. The lowest BCUT2D eigenvalue weighted by Gasteiger charge is -2.29. The van der Waals surface area contributed by atoms with Gasteiger partial charge in [-0.1, -0.05) is 13.8 Å². The molecule has 0 aromatic heterocycles. The second kappa shape index (κ2) is 8.59. The van der Waals surface area contributed by atoms with E-state index in [1.54, 1.807) is 6.92 Å². The van der Waals surface area contributed by atoms with Gasteiger partial charge < -0.3 is 24.8 Å². The molecule has 28 heavy (non-hydrogen) atoms. The number of nitrogens with zero attached hydrogens (tertiary/aromatic N) is 1. The third-order valence-electron chi connectivity index (χ3n) is 4.08. The van der Waals surface area contributed by atoms with Gasteiger partial charge in [-0.05, 0) is 12.8 Å². The zero-order valence-electron chi connectivity index (χ0n) is 16.3. The first kappa shape index (κ1) is 21.0. The first-order valence-corrected chi connectivity index (χ1v) is 8.55. The lowest BCUT2D eigenvalue weighted by Crippen LogP contribution is -2.45. The van der Waals surface area contributed by atoms with Crippen LogP contribution < -0.4 is 20.1 Å². The first-order chi connectivity index (χ1) is 13.2. The molecule has 0 saturated carbocycles. The predicted molar refractivity (Wildman–Crippen MR) is 99.1 cm³/mol. The number of carbonyl (C=O) groups excluding carboxylic acids is 2. The maximum Gasteiger partial charge on any atom is 0.338 e. The fourth-order valence-corrected chi connectivity index (χ4v) is 2.79. The van der Waals surface area contributed by atoms with Crippen molar-refractivity contribution < 1.29 is 28.7 Å². The van der Waals surface area contributed by atoms with Gasteiger partial charge in [0.1, 0.15) is 5.75 Å². The summed E-state index contributed by atoms with van der Waals surface area (Å²) in [5.74, 6) is -0.303. The van der Waals surface area contributed by atoms with Crippen molar-refractivity contribution in [2.75, 3.05) is 20.8 Å². The zero-order valence-corrected chi connectivity index (χ0v) is 16.3. The smallest absolute Gasteiger partial charge is 0.338 e. The Morgan fingerprint density at radius 2 is 1.89 bits per heavy atom. The molecule has 0 aliphatic carbocycles. The molecule has 0 spiro atoms. The molecule has 1 atom stereocenters. The molecule has 152 valence electrons. The Morgan fingerprint density at radius 3 is 2.43 bits per heavy atom. The second-order valence-corrected chi connectivity index (χ2v) is 6.59. The summed E-state index contributed by atoms with van der Waals surface area (Å²) in [6, 6.07) is 1.02. The highest BCUT2D eigenvalue weighted by atomic mass is 16.6. The van der Waals surface area contributed by atoms with Crippen LogP contribution in [-0.2, 0) is 9.53 Å². The summed E-state index contributed by atoms with van der Waals surface area (Å²) in [4.78, 5) is 35.5. The number of nitrogens with one attached hydrogen (secondary N) is 2. The van der Waals surface area contributed by atoms with E-state index in [9.17, 15) is 19.7 Å². The van der Waals surface area contributed by atoms with Gasteiger partial charge in [0.2, 0.25) is 5.75 Å². The number of ether oxygens (including phenoxy) is 3. The molecule has 0 radical (unpaired) electrons. The Morgan fingerprint density at radius 1 is 1.25 bits per heavy atom. The van der Waals surface area contributed by atoms with E-state index in [1.807, 2.05) is 13.8 Å². The van der Waals surface area contributed by atoms with Gasteiger partial charge in [-0.2, -0.15) is 0 Å². The van der Waals surface area contributed by atoms with Crippen LogP contribution in [0, 0.1) is 16.0 Å². The zero-order chi connectivity index (χ0) is 21.0. The Hall–Kier alpha value is -3.30. The Bertz CT molecular complexity index is 833. The molecule has 1 heterocycles. The van der Waals surface area contributed by atoms with E-state index in [0.29, 0.717) is 5.70 Å². The summed E-state index contributed by atoms with van der Waals surface area (Å²) >= 11 is 0. The van der Waals surface area contributed by atoms with Crippen LogP contribution in [0.15, 0.2) is 23.4 Å². The summed E-state index contributed by atoms with van der Waals surface area (Å²) in [6.07, 6.45) is 0. The minimum atomic E-state index is -0.993. The number of esters is 1. The molecule has 0 saturated heterocycles. The summed E-state index contributed by atoms with van der Waals surface area (Å²) in [5, 5.41) is 16.6. The molecule has 1 aliphatic heterocycles. The number of urea groups is 1.